The number of amides is 1. The second-order valence-electron chi connectivity index (χ2n) is 6.58. The molecular formula is C22H22N2O7S. The Kier molecular flexibility index (Phi) is 7.26. The number of ether oxygens (including phenoxy) is 4. The molecule has 3 rings (SSSR count). The maximum absolute atomic E-state index is 12.8. The summed E-state index contributed by atoms with van der Waals surface area (Å²) in [4.78, 5) is 41.1. The highest BCUT2D eigenvalue weighted by Gasteiger charge is 2.15. The third-order valence-corrected chi connectivity index (χ3v) is 5.72. The van der Waals surface area contributed by atoms with Gasteiger partial charge in [0.1, 0.15) is 18.0 Å². The zero-order valence-corrected chi connectivity index (χ0v) is 18.9. The van der Waals surface area contributed by atoms with Gasteiger partial charge in [-0.2, -0.15) is 4.99 Å². The molecule has 168 valence electrons. The number of rotatable bonds is 7. The number of hydrogen-bond donors (Lipinski definition) is 0. The van der Waals surface area contributed by atoms with Crippen LogP contribution in [0.4, 0.5) is 0 Å². The summed E-state index contributed by atoms with van der Waals surface area (Å²) in [5, 5.41) is 0. The second-order valence-corrected chi connectivity index (χ2v) is 7.59. The van der Waals surface area contributed by atoms with Gasteiger partial charge in [0.2, 0.25) is 0 Å². The average Bonchev–Trinajstić information content (AvgIpc) is 3.14. The van der Waals surface area contributed by atoms with E-state index in [1.165, 1.54) is 32.7 Å². The Morgan fingerprint density at radius 3 is 2.41 bits per heavy atom. The van der Waals surface area contributed by atoms with Gasteiger partial charge in [-0.15, -0.1) is 0 Å². The summed E-state index contributed by atoms with van der Waals surface area (Å²) in [7, 11) is 5.63. The number of carbonyl (C=O) groups is 3. The Morgan fingerprint density at radius 1 is 0.969 bits per heavy atom. The van der Waals surface area contributed by atoms with Crippen molar-refractivity contribution < 1.29 is 33.3 Å². The molecule has 0 aliphatic carbocycles. The lowest BCUT2D eigenvalue weighted by molar-refractivity contribution is -0.141. The standard InChI is InChI=1S/C22H22N2O7S/c1-28-15-7-5-13(17(11-15)29-2)10-19(25)23-22-24(12-20(26)30-3)16-8-6-14(21(27)31-4)9-18(16)32-22/h5-9,11H,10,12H2,1-4H3. The molecular weight excluding hydrogens is 436 g/mol. The minimum absolute atomic E-state index is 0.00690. The molecule has 1 aromatic heterocycles. The average molecular weight is 458 g/mol. The van der Waals surface area contributed by atoms with Crippen molar-refractivity contribution in [1.82, 2.24) is 4.57 Å². The van der Waals surface area contributed by atoms with Crippen LogP contribution < -0.4 is 14.3 Å². The van der Waals surface area contributed by atoms with Crippen molar-refractivity contribution in [3.05, 3.63) is 52.3 Å². The molecule has 9 nitrogen and oxygen atoms in total. The van der Waals surface area contributed by atoms with Crippen LogP contribution in [0.25, 0.3) is 10.2 Å². The SMILES string of the molecule is COC(=O)Cn1c(=NC(=O)Cc2ccc(OC)cc2OC)sc2cc(C(=O)OC)ccc21. The smallest absolute Gasteiger partial charge is 0.337 e. The summed E-state index contributed by atoms with van der Waals surface area (Å²) in [6.45, 7) is -0.133. The van der Waals surface area contributed by atoms with Crippen molar-refractivity contribution in [2.75, 3.05) is 28.4 Å². The van der Waals surface area contributed by atoms with Crippen molar-refractivity contribution in [2.45, 2.75) is 13.0 Å². The third-order valence-electron chi connectivity index (χ3n) is 4.67. The van der Waals surface area contributed by atoms with Gasteiger partial charge < -0.3 is 23.5 Å². The lowest BCUT2D eigenvalue weighted by Crippen LogP contribution is -2.22. The molecule has 1 heterocycles. The van der Waals surface area contributed by atoms with E-state index in [4.69, 9.17) is 18.9 Å². The number of esters is 2. The lowest BCUT2D eigenvalue weighted by atomic mass is 10.1. The quantitative estimate of drug-likeness (QED) is 0.501. The molecule has 0 aliphatic heterocycles. The Balaban J connectivity index is 2.03. The van der Waals surface area contributed by atoms with E-state index < -0.39 is 17.8 Å². The first-order valence-electron chi connectivity index (χ1n) is 9.47. The van der Waals surface area contributed by atoms with Crippen LogP contribution in [0.2, 0.25) is 0 Å². The maximum Gasteiger partial charge on any atom is 0.337 e. The van der Waals surface area contributed by atoms with Crippen LogP contribution in [-0.4, -0.2) is 50.9 Å². The molecule has 32 heavy (non-hydrogen) atoms. The Bertz CT molecular complexity index is 1240. The van der Waals surface area contributed by atoms with Gasteiger partial charge in [-0.25, -0.2) is 4.79 Å². The number of benzene rings is 2. The van der Waals surface area contributed by atoms with E-state index in [0.29, 0.717) is 37.6 Å². The Labute approximate surface area is 187 Å². The zero-order valence-electron chi connectivity index (χ0n) is 18.0. The van der Waals surface area contributed by atoms with Gasteiger partial charge in [-0.3, -0.25) is 9.59 Å². The summed E-state index contributed by atoms with van der Waals surface area (Å²) < 4.78 is 22.3. The Morgan fingerprint density at radius 2 is 1.75 bits per heavy atom. The number of methoxy groups -OCH3 is 4. The summed E-state index contributed by atoms with van der Waals surface area (Å²) in [6.07, 6.45) is -0.00690. The molecule has 3 aromatic rings. The predicted octanol–water partition coefficient (Wildman–Crippen LogP) is 2.35. The molecule has 2 aromatic carbocycles. The van der Waals surface area contributed by atoms with Gasteiger partial charge in [0.15, 0.2) is 4.80 Å². The fraction of sp³-hybridized carbons (Fsp3) is 0.273. The monoisotopic (exact) mass is 458 g/mol. The molecule has 0 aliphatic rings. The molecule has 0 radical (unpaired) electrons. The highest BCUT2D eigenvalue weighted by Crippen LogP contribution is 2.25. The van der Waals surface area contributed by atoms with Gasteiger partial charge in [-0.1, -0.05) is 17.4 Å². The first kappa shape index (κ1) is 23.0. The second kappa shape index (κ2) is 10.1. The largest absolute Gasteiger partial charge is 0.497 e. The Hall–Kier alpha value is -3.66. The van der Waals surface area contributed by atoms with Gasteiger partial charge in [0, 0.05) is 11.6 Å². The molecule has 10 heteroatoms. The van der Waals surface area contributed by atoms with Crippen LogP contribution >= 0.6 is 11.3 Å². The van der Waals surface area contributed by atoms with Crippen LogP contribution in [0.1, 0.15) is 15.9 Å². The topological polar surface area (TPSA) is 105 Å². The summed E-state index contributed by atoms with van der Waals surface area (Å²) >= 11 is 1.18. The third kappa shape index (κ3) is 4.97. The van der Waals surface area contributed by atoms with Crippen molar-refractivity contribution in [3.8, 4) is 11.5 Å². The van der Waals surface area contributed by atoms with Crippen molar-refractivity contribution >= 4 is 39.4 Å². The van der Waals surface area contributed by atoms with E-state index >= 15 is 0 Å². The van der Waals surface area contributed by atoms with Crippen molar-refractivity contribution in [2.24, 2.45) is 4.99 Å². The van der Waals surface area contributed by atoms with Gasteiger partial charge in [-0.05, 0) is 24.3 Å². The molecule has 0 N–H and O–H groups in total. The fourth-order valence-electron chi connectivity index (χ4n) is 3.06. The minimum Gasteiger partial charge on any atom is -0.497 e. The molecule has 1 amide bonds. The summed E-state index contributed by atoms with van der Waals surface area (Å²) in [6, 6.07) is 10.1. The fourth-order valence-corrected chi connectivity index (χ4v) is 4.14. The number of thiazole rings is 1. The highest BCUT2D eigenvalue weighted by atomic mass is 32.1. The number of fused-ring (bicyclic) bond motifs is 1. The molecule has 0 fully saturated rings. The predicted molar refractivity (Wildman–Crippen MR) is 117 cm³/mol. The first-order valence-corrected chi connectivity index (χ1v) is 10.3. The molecule has 0 unspecified atom stereocenters. The normalized spacial score (nSPS) is 11.3. The van der Waals surface area contributed by atoms with Gasteiger partial charge in [0.05, 0.1) is 50.6 Å². The number of aromatic nitrogens is 1. The minimum atomic E-state index is -0.493. The van der Waals surface area contributed by atoms with E-state index in [2.05, 4.69) is 4.99 Å². The van der Waals surface area contributed by atoms with E-state index in [-0.39, 0.29) is 13.0 Å². The van der Waals surface area contributed by atoms with Crippen molar-refractivity contribution in [1.29, 1.82) is 0 Å². The van der Waals surface area contributed by atoms with E-state index in [0.717, 1.165) is 0 Å². The number of nitrogens with zero attached hydrogens (tertiary/aromatic N) is 2. The maximum atomic E-state index is 12.8. The van der Waals surface area contributed by atoms with Crippen LogP contribution in [0.5, 0.6) is 11.5 Å². The lowest BCUT2D eigenvalue weighted by Gasteiger charge is -2.08. The molecule has 0 spiro atoms. The van der Waals surface area contributed by atoms with Crippen LogP contribution in [-0.2, 0) is 32.0 Å². The molecule has 0 atom stereocenters. The van der Waals surface area contributed by atoms with E-state index in [1.807, 2.05) is 0 Å². The zero-order chi connectivity index (χ0) is 23.3. The number of hydrogen-bond acceptors (Lipinski definition) is 8. The van der Waals surface area contributed by atoms with Crippen LogP contribution in [0.15, 0.2) is 41.4 Å². The number of carbonyl (C=O) groups excluding carboxylic acids is 3. The first-order chi connectivity index (χ1) is 15.4. The highest BCUT2D eigenvalue weighted by molar-refractivity contribution is 7.16. The van der Waals surface area contributed by atoms with Crippen LogP contribution in [0.3, 0.4) is 0 Å². The van der Waals surface area contributed by atoms with E-state index in [9.17, 15) is 14.4 Å². The molecule has 0 bridgehead atoms. The van der Waals surface area contributed by atoms with Crippen LogP contribution in [0, 0.1) is 0 Å². The molecule has 0 saturated carbocycles. The van der Waals surface area contributed by atoms with Crippen molar-refractivity contribution in [3.63, 3.8) is 0 Å². The van der Waals surface area contributed by atoms with E-state index in [1.54, 1.807) is 48.1 Å². The summed E-state index contributed by atoms with van der Waals surface area (Å²) in [5.41, 5.74) is 1.64. The summed E-state index contributed by atoms with van der Waals surface area (Å²) in [5.74, 6) is -0.286. The van der Waals surface area contributed by atoms with Gasteiger partial charge >= 0.3 is 11.9 Å². The van der Waals surface area contributed by atoms with Gasteiger partial charge in [0.25, 0.3) is 5.91 Å². The molecule has 0 saturated heterocycles.